The number of methoxy groups -OCH3 is 1. The number of oxime groups is 1. The molecule has 6 heteroatoms. The molecule has 0 saturated heterocycles. The van der Waals surface area contributed by atoms with Gasteiger partial charge in [-0.1, -0.05) is 5.16 Å². The zero-order valence-corrected chi connectivity index (χ0v) is 9.18. The highest BCUT2D eigenvalue weighted by Gasteiger charge is 1.97. The summed E-state index contributed by atoms with van der Waals surface area (Å²) >= 11 is 0. The molecule has 0 unspecified atom stereocenters. The van der Waals surface area contributed by atoms with E-state index in [1.165, 1.54) is 0 Å². The van der Waals surface area contributed by atoms with Crippen LogP contribution in [0, 0.1) is 0 Å². The highest BCUT2D eigenvalue weighted by Crippen LogP contribution is 2.07. The van der Waals surface area contributed by atoms with Crippen molar-refractivity contribution in [2.45, 2.75) is 13.0 Å². The summed E-state index contributed by atoms with van der Waals surface area (Å²) in [5, 5.41) is 14.4. The largest absolute Gasteiger partial charge is 0.481 e. The van der Waals surface area contributed by atoms with Gasteiger partial charge in [0.05, 0.1) is 7.11 Å². The van der Waals surface area contributed by atoms with Crippen LogP contribution < -0.4 is 15.8 Å². The van der Waals surface area contributed by atoms with Crippen LogP contribution in [-0.2, 0) is 6.54 Å². The van der Waals surface area contributed by atoms with Gasteiger partial charge in [-0.3, -0.25) is 0 Å². The van der Waals surface area contributed by atoms with Gasteiger partial charge in [-0.05, 0) is 11.6 Å². The van der Waals surface area contributed by atoms with Crippen LogP contribution in [0.1, 0.15) is 12.0 Å². The number of rotatable bonds is 6. The van der Waals surface area contributed by atoms with E-state index >= 15 is 0 Å². The van der Waals surface area contributed by atoms with E-state index in [0.29, 0.717) is 25.4 Å². The van der Waals surface area contributed by atoms with Gasteiger partial charge >= 0.3 is 0 Å². The average Bonchev–Trinajstić information content (AvgIpc) is 2.34. The van der Waals surface area contributed by atoms with E-state index in [-0.39, 0.29) is 5.84 Å². The van der Waals surface area contributed by atoms with E-state index in [9.17, 15) is 0 Å². The van der Waals surface area contributed by atoms with Crippen molar-refractivity contribution in [2.24, 2.45) is 10.9 Å². The third-order valence-electron chi connectivity index (χ3n) is 2.02. The molecule has 0 aliphatic carbocycles. The lowest BCUT2D eigenvalue weighted by molar-refractivity contribution is 0.316. The molecule has 0 atom stereocenters. The maximum atomic E-state index is 8.33. The first-order valence-electron chi connectivity index (χ1n) is 4.92. The van der Waals surface area contributed by atoms with Crippen LogP contribution in [-0.4, -0.2) is 29.7 Å². The summed E-state index contributed by atoms with van der Waals surface area (Å²) in [6.45, 7) is 1.35. The molecule has 1 aromatic heterocycles. The van der Waals surface area contributed by atoms with E-state index in [2.05, 4.69) is 15.5 Å². The third-order valence-corrected chi connectivity index (χ3v) is 2.02. The molecule has 0 bridgehead atoms. The highest BCUT2D eigenvalue weighted by atomic mass is 16.5. The number of pyridine rings is 1. The van der Waals surface area contributed by atoms with Crippen molar-refractivity contribution < 1.29 is 9.94 Å². The summed E-state index contributed by atoms with van der Waals surface area (Å²) in [6, 6.07) is 3.76. The molecule has 1 rings (SSSR count). The molecule has 16 heavy (non-hydrogen) atoms. The number of hydrogen-bond acceptors (Lipinski definition) is 5. The topological polar surface area (TPSA) is 92.8 Å². The van der Waals surface area contributed by atoms with Crippen molar-refractivity contribution in [1.82, 2.24) is 10.3 Å². The minimum Gasteiger partial charge on any atom is -0.481 e. The number of aromatic nitrogens is 1. The monoisotopic (exact) mass is 224 g/mol. The summed E-state index contributed by atoms with van der Waals surface area (Å²) in [4.78, 5) is 4.01. The van der Waals surface area contributed by atoms with E-state index in [0.717, 1.165) is 5.56 Å². The minimum absolute atomic E-state index is 0.222. The number of amidine groups is 1. The summed E-state index contributed by atoms with van der Waals surface area (Å²) in [6.07, 6.45) is 2.21. The Hall–Kier alpha value is -1.82. The first-order chi connectivity index (χ1) is 7.76. The number of nitrogens with two attached hydrogens (primary N) is 1. The molecule has 0 radical (unpaired) electrons. The molecule has 0 aliphatic rings. The van der Waals surface area contributed by atoms with Gasteiger partial charge in [0.2, 0.25) is 5.88 Å². The smallest absolute Gasteiger partial charge is 0.213 e. The van der Waals surface area contributed by atoms with Crippen molar-refractivity contribution in [3.05, 3.63) is 23.9 Å². The van der Waals surface area contributed by atoms with Gasteiger partial charge in [0, 0.05) is 31.8 Å². The first kappa shape index (κ1) is 12.3. The molecule has 1 heterocycles. The predicted octanol–water partition coefficient (Wildman–Crippen LogP) is 0.316. The van der Waals surface area contributed by atoms with Crippen molar-refractivity contribution >= 4 is 5.84 Å². The number of hydrogen-bond donors (Lipinski definition) is 3. The van der Waals surface area contributed by atoms with Crippen LogP contribution in [0.15, 0.2) is 23.5 Å². The van der Waals surface area contributed by atoms with Gasteiger partial charge in [-0.25, -0.2) is 4.98 Å². The lowest BCUT2D eigenvalue weighted by Crippen LogP contribution is -2.22. The third kappa shape index (κ3) is 4.14. The summed E-state index contributed by atoms with van der Waals surface area (Å²) < 4.78 is 5.01. The lowest BCUT2D eigenvalue weighted by atomic mass is 10.2. The molecule has 4 N–H and O–H groups in total. The molecular formula is C10H16N4O2. The fraction of sp³-hybridized carbons (Fsp3) is 0.400. The van der Waals surface area contributed by atoms with E-state index in [1.54, 1.807) is 13.3 Å². The van der Waals surface area contributed by atoms with Crippen LogP contribution >= 0.6 is 0 Å². The fourth-order valence-electron chi connectivity index (χ4n) is 1.17. The summed E-state index contributed by atoms with van der Waals surface area (Å²) in [5.74, 6) is 0.815. The Kier molecular flexibility index (Phi) is 5.07. The fourth-order valence-corrected chi connectivity index (χ4v) is 1.17. The van der Waals surface area contributed by atoms with E-state index in [1.807, 2.05) is 12.1 Å². The van der Waals surface area contributed by atoms with Gasteiger partial charge in [0.25, 0.3) is 0 Å². The second-order valence-electron chi connectivity index (χ2n) is 3.22. The zero-order valence-electron chi connectivity index (χ0n) is 9.18. The molecule has 0 spiro atoms. The Morgan fingerprint density at radius 2 is 2.50 bits per heavy atom. The molecular weight excluding hydrogens is 208 g/mol. The van der Waals surface area contributed by atoms with Crippen molar-refractivity contribution in [3.63, 3.8) is 0 Å². The molecule has 0 aliphatic heterocycles. The van der Waals surface area contributed by atoms with Gasteiger partial charge in [0.15, 0.2) is 0 Å². The molecule has 0 amide bonds. The Labute approximate surface area is 94.1 Å². The molecule has 0 saturated carbocycles. The quantitative estimate of drug-likeness (QED) is 0.213. The van der Waals surface area contributed by atoms with Crippen molar-refractivity contribution in [2.75, 3.05) is 13.7 Å². The van der Waals surface area contributed by atoms with E-state index in [4.69, 9.17) is 15.7 Å². The van der Waals surface area contributed by atoms with Crippen LogP contribution in [0.3, 0.4) is 0 Å². The standard InChI is InChI=1S/C10H16N4O2/c1-16-10-6-8(2-5-13-10)7-12-4-3-9(11)14-15/h2,5-6,12,15H,3-4,7H2,1H3,(H2,11,14). The molecule has 0 fully saturated rings. The Morgan fingerprint density at radius 1 is 1.69 bits per heavy atom. The maximum absolute atomic E-state index is 8.33. The van der Waals surface area contributed by atoms with Crippen molar-refractivity contribution in [3.8, 4) is 5.88 Å². The SMILES string of the molecule is COc1cc(CNCCC(N)=NO)ccn1. The first-order valence-corrected chi connectivity index (χ1v) is 4.92. The van der Waals surface area contributed by atoms with Crippen LogP contribution in [0.25, 0.3) is 0 Å². The van der Waals surface area contributed by atoms with Gasteiger partial charge in [0.1, 0.15) is 5.84 Å². The van der Waals surface area contributed by atoms with Crippen LogP contribution in [0.4, 0.5) is 0 Å². The number of nitrogens with one attached hydrogen (secondary N) is 1. The summed E-state index contributed by atoms with van der Waals surface area (Å²) in [7, 11) is 1.58. The number of ether oxygens (including phenoxy) is 1. The molecule has 6 nitrogen and oxygen atoms in total. The highest BCUT2D eigenvalue weighted by molar-refractivity contribution is 5.79. The average molecular weight is 224 g/mol. The van der Waals surface area contributed by atoms with Gasteiger partial charge in [-0.15, -0.1) is 0 Å². The minimum atomic E-state index is 0.222. The van der Waals surface area contributed by atoms with Crippen LogP contribution in [0.2, 0.25) is 0 Å². The second-order valence-corrected chi connectivity index (χ2v) is 3.22. The van der Waals surface area contributed by atoms with Crippen LogP contribution in [0.5, 0.6) is 5.88 Å². The normalized spacial score (nSPS) is 11.4. The maximum Gasteiger partial charge on any atom is 0.213 e. The van der Waals surface area contributed by atoms with E-state index < -0.39 is 0 Å². The molecule has 1 aromatic rings. The van der Waals surface area contributed by atoms with Gasteiger partial charge in [-0.2, -0.15) is 0 Å². The Bertz CT molecular complexity index is 354. The summed E-state index contributed by atoms with van der Waals surface area (Å²) in [5.41, 5.74) is 6.40. The lowest BCUT2D eigenvalue weighted by Gasteiger charge is -2.05. The molecule has 88 valence electrons. The Balaban J connectivity index is 2.31. The second kappa shape index (κ2) is 6.62. The molecule has 0 aromatic carbocycles. The zero-order chi connectivity index (χ0) is 11.8. The Morgan fingerprint density at radius 3 is 3.19 bits per heavy atom. The predicted molar refractivity (Wildman–Crippen MR) is 60.5 cm³/mol. The van der Waals surface area contributed by atoms with Crippen molar-refractivity contribution in [1.29, 1.82) is 0 Å². The van der Waals surface area contributed by atoms with Gasteiger partial charge < -0.3 is 21.0 Å². The number of nitrogens with zero attached hydrogens (tertiary/aromatic N) is 2.